The van der Waals surface area contributed by atoms with Crippen molar-refractivity contribution in [2.45, 2.75) is 26.7 Å². The molecule has 0 bridgehead atoms. The molecule has 0 aliphatic rings. The molecule has 1 amide bonds. The highest BCUT2D eigenvalue weighted by molar-refractivity contribution is 5.83. The summed E-state index contributed by atoms with van der Waals surface area (Å²) in [6.45, 7) is 10.2. The predicted octanol–water partition coefficient (Wildman–Crippen LogP) is 4.21. The summed E-state index contributed by atoms with van der Waals surface area (Å²) in [5, 5.41) is 3.95. The van der Waals surface area contributed by atoms with E-state index in [4.69, 9.17) is 9.47 Å². The third-order valence-corrected chi connectivity index (χ3v) is 3.89. The van der Waals surface area contributed by atoms with Gasteiger partial charge in [0.05, 0.1) is 6.21 Å². The summed E-state index contributed by atoms with van der Waals surface area (Å²) in [7, 11) is 0. The summed E-state index contributed by atoms with van der Waals surface area (Å²) < 4.78 is 11.0. The quantitative estimate of drug-likeness (QED) is 0.411. The molecule has 0 radical (unpaired) electrons. The van der Waals surface area contributed by atoms with Crippen LogP contribution in [0.5, 0.6) is 11.5 Å². The lowest BCUT2D eigenvalue weighted by Gasteiger charge is -2.12. The topological polar surface area (TPSA) is 59.9 Å². The molecule has 1 N–H and O–H groups in total. The average molecular weight is 366 g/mol. The van der Waals surface area contributed by atoms with Gasteiger partial charge in [0.15, 0.2) is 6.61 Å². The van der Waals surface area contributed by atoms with E-state index in [1.165, 1.54) is 5.56 Å². The summed E-state index contributed by atoms with van der Waals surface area (Å²) in [5.74, 6) is 1.56. The first-order valence-corrected chi connectivity index (χ1v) is 8.88. The second kappa shape index (κ2) is 10.2. The highest BCUT2D eigenvalue weighted by Crippen LogP contribution is 2.24. The fourth-order valence-electron chi connectivity index (χ4n) is 2.29. The Morgan fingerprint density at radius 1 is 1.19 bits per heavy atom. The van der Waals surface area contributed by atoms with Crippen LogP contribution in [-0.4, -0.2) is 25.3 Å². The number of rotatable bonds is 9. The molecule has 0 saturated carbocycles. The largest absolute Gasteiger partial charge is 0.490 e. The molecule has 0 aromatic heterocycles. The molecule has 5 heteroatoms. The lowest BCUT2D eigenvalue weighted by molar-refractivity contribution is -0.123. The number of ether oxygens (including phenoxy) is 2. The Bertz CT molecular complexity index is 796. The summed E-state index contributed by atoms with van der Waals surface area (Å²) in [6.07, 6.45) is 3.26. The van der Waals surface area contributed by atoms with Gasteiger partial charge >= 0.3 is 0 Å². The fourth-order valence-corrected chi connectivity index (χ4v) is 2.29. The molecule has 2 aromatic carbocycles. The molecule has 0 fully saturated rings. The third kappa shape index (κ3) is 6.62. The Balaban J connectivity index is 1.83. The van der Waals surface area contributed by atoms with Gasteiger partial charge < -0.3 is 9.47 Å². The van der Waals surface area contributed by atoms with E-state index in [0.717, 1.165) is 22.6 Å². The van der Waals surface area contributed by atoms with Crippen LogP contribution >= 0.6 is 0 Å². The maximum absolute atomic E-state index is 11.9. The van der Waals surface area contributed by atoms with Crippen molar-refractivity contribution in [2.24, 2.45) is 5.10 Å². The molecule has 2 rings (SSSR count). The smallest absolute Gasteiger partial charge is 0.277 e. The first kappa shape index (κ1) is 20.2. The molecule has 142 valence electrons. The average Bonchev–Trinajstić information content (AvgIpc) is 2.66. The lowest BCUT2D eigenvalue weighted by atomic mass is 10.0. The van der Waals surface area contributed by atoms with Gasteiger partial charge in [-0.2, -0.15) is 5.10 Å². The van der Waals surface area contributed by atoms with Gasteiger partial charge in [-0.3, -0.25) is 4.79 Å². The van der Waals surface area contributed by atoms with Gasteiger partial charge in [0.25, 0.3) is 5.91 Å². The molecule has 0 aliphatic heterocycles. The van der Waals surface area contributed by atoms with Crippen LogP contribution in [0.15, 0.2) is 60.2 Å². The second-order valence-electron chi connectivity index (χ2n) is 6.43. The number of benzene rings is 2. The number of hydrogen-bond acceptors (Lipinski definition) is 4. The van der Waals surface area contributed by atoms with Crippen molar-refractivity contribution in [1.82, 2.24) is 5.43 Å². The number of nitrogens with zero attached hydrogens (tertiary/aromatic N) is 1. The van der Waals surface area contributed by atoms with Crippen LogP contribution in [-0.2, 0) is 4.79 Å². The molecular formula is C22H26N2O3. The van der Waals surface area contributed by atoms with Crippen molar-refractivity contribution in [3.05, 3.63) is 71.8 Å². The van der Waals surface area contributed by atoms with Crippen molar-refractivity contribution in [3.63, 3.8) is 0 Å². The van der Waals surface area contributed by atoms with Crippen molar-refractivity contribution >= 4 is 12.1 Å². The molecule has 5 nitrogen and oxygen atoms in total. The van der Waals surface area contributed by atoms with Gasteiger partial charge in [0, 0.05) is 0 Å². The van der Waals surface area contributed by atoms with E-state index < -0.39 is 0 Å². The van der Waals surface area contributed by atoms with Gasteiger partial charge in [0.1, 0.15) is 18.1 Å². The third-order valence-electron chi connectivity index (χ3n) is 3.89. The fraction of sp³-hybridized carbons (Fsp3) is 0.273. The number of carbonyl (C=O) groups excluding carboxylic acids is 1. The van der Waals surface area contributed by atoms with E-state index >= 15 is 0 Å². The molecule has 2 aromatic rings. The first-order valence-electron chi connectivity index (χ1n) is 8.88. The monoisotopic (exact) mass is 366 g/mol. The van der Waals surface area contributed by atoms with E-state index in [1.807, 2.05) is 43.3 Å². The Morgan fingerprint density at radius 2 is 1.93 bits per heavy atom. The van der Waals surface area contributed by atoms with Gasteiger partial charge in [-0.05, 0) is 59.9 Å². The number of aryl methyl sites for hydroxylation is 1. The maximum atomic E-state index is 11.9. The molecule has 0 unspecified atom stereocenters. The number of nitrogens with one attached hydrogen (secondary N) is 1. The van der Waals surface area contributed by atoms with Crippen LogP contribution in [0.2, 0.25) is 0 Å². The van der Waals surface area contributed by atoms with E-state index in [-0.39, 0.29) is 12.5 Å². The Kier molecular flexibility index (Phi) is 7.62. The Hall–Kier alpha value is -3.08. The standard InChI is InChI=1S/C22H26N2O3/c1-5-12-26-20-10-7-18(8-11-20)14-23-24-22(25)15-27-21-13-19(16(2)3)9-6-17(21)4/h5-11,13-14,16H,1,12,15H2,2-4H3,(H,24,25). The molecule has 0 heterocycles. The summed E-state index contributed by atoms with van der Waals surface area (Å²) in [4.78, 5) is 11.9. The van der Waals surface area contributed by atoms with Crippen molar-refractivity contribution in [3.8, 4) is 11.5 Å². The molecule has 0 aliphatic carbocycles. The van der Waals surface area contributed by atoms with Crippen LogP contribution in [0.3, 0.4) is 0 Å². The van der Waals surface area contributed by atoms with Gasteiger partial charge in [-0.15, -0.1) is 0 Å². The summed E-state index contributed by atoms with van der Waals surface area (Å²) >= 11 is 0. The zero-order valence-corrected chi connectivity index (χ0v) is 16.1. The molecule has 27 heavy (non-hydrogen) atoms. The molecule has 0 spiro atoms. The van der Waals surface area contributed by atoms with Crippen LogP contribution in [0.25, 0.3) is 0 Å². The highest BCUT2D eigenvalue weighted by atomic mass is 16.5. The summed E-state index contributed by atoms with van der Waals surface area (Å²) in [6, 6.07) is 13.4. The van der Waals surface area contributed by atoms with Gasteiger partial charge in [-0.25, -0.2) is 5.43 Å². The number of carbonyl (C=O) groups is 1. The number of hydrazone groups is 1. The van der Waals surface area contributed by atoms with E-state index in [9.17, 15) is 4.79 Å². The van der Waals surface area contributed by atoms with Crippen LogP contribution < -0.4 is 14.9 Å². The first-order chi connectivity index (χ1) is 13.0. The highest BCUT2D eigenvalue weighted by Gasteiger charge is 2.07. The van der Waals surface area contributed by atoms with E-state index in [0.29, 0.717) is 12.5 Å². The van der Waals surface area contributed by atoms with Crippen molar-refractivity contribution in [1.29, 1.82) is 0 Å². The maximum Gasteiger partial charge on any atom is 0.277 e. The minimum absolute atomic E-state index is 0.0892. The molecular weight excluding hydrogens is 340 g/mol. The number of amides is 1. The number of hydrogen-bond donors (Lipinski definition) is 1. The van der Waals surface area contributed by atoms with Crippen LogP contribution in [0, 0.1) is 6.92 Å². The molecule has 0 saturated heterocycles. The van der Waals surface area contributed by atoms with Crippen molar-refractivity contribution < 1.29 is 14.3 Å². The summed E-state index contributed by atoms with van der Waals surface area (Å²) in [5.41, 5.74) is 5.49. The van der Waals surface area contributed by atoms with E-state index in [2.05, 4.69) is 37.0 Å². The van der Waals surface area contributed by atoms with E-state index in [1.54, 1.807) is 12.3 Å². The van der Waals surface area contributed by atoms with Gasteiger partial charge in [0.2, 0.25) is 0 Å². The SMILES string of the molecule is C=CCOc1ccc(C=NNC(=O)COc2cc(C(C)C)ccc2C)cc1. The van der Waals surface area contributed by atoms with Crippen LogP contribution in [0.1, 0.15) is 36.5 Å². The van der Waals surface area contributed by atoms with Gasteiger partial charge in [-0.1, -0.05) is 38.6 Å². The minimum atomic E-state index is -0.313. The zero-order chi connectivity index (χ0) is 19.6. The minimum Gasteiger partial charge on any atom is -0.490 e. The normalized spacial score (nSPS) is 10.8. The second-order valence-corrected chi connectivity index (χ2v) is 6.43. The zero-order valence-electron chi connectivity index (χ0n) is 16.1. The predicted molar refractivity (Wildman–Crippen MR) is 109 cm³/mol. The Morgan fingerprint density at radius 3 is 2.59 bits per heavy atom. The lowest BCUT2D eigenvalue weighted by Crippen LogP contribution is -2.24. The Labute approximate surface area is 160 Å². The van der Waals surface area contributed by atoms with Crippen molar-refractivity contribution in [2.75, 3.05) is 13.2 Å². The van der Waals surface area contributed by atoms with Crippen LogP contribution in [0.4, 0.5) is 0 Å². The molecule has 0 atom stereocenters.